The number of anilines is 1. The zero-order chi connectivity index (χ0) is 23.7. The summed E-state index contributed by atoms with van der Waals surface area (Å²) in [5, 5.41) is 9.31. The molecule has 1 aromatic heterocycles. The number of rotatable bonds is 6. The third-order valence-corrected chi connectivity index (χ3v) is 5.42. The lowest BCUT2D eigenvalue weighted by Gasteiger charge is -2.35. The summed E-state index contributed by atoms with van der Waals surface area (Å²) in [4.78, 5) is 23.2. The first-order valence-corrected chi connectivity index (χ1v) is 10.3. The van der Waals surface area contributed by atoms with Crippen molar-refractivity contribution < 1.29 is 27.8 Å². The summed E-state index contributed by atoms with van der Waals surface area (Å²) in [5.74, 6) is -0.160. The van der Waals surface area contributed by atoms with Crippen LogP contribution in [0.3, 0.4) is 0 Å². The van der Waals surface area contributed by atoms with Crippen molar-refractivity contribution >= 4 is 11.9 Å². The zero-order valence-corrected chi connectivity index (χ0v) is 18.5. The minimum absolute atomic E-state index is 0.298. The van der Waals surface area contributed by atoms with Crippen molar-refractivity contribution in [1.82, 2.24) is 14.9 Å². The lowest BCUT2D eigenvalue weighted by molar-refractivity contribution is -0.152. The van der Waals surface area contributed by atoms with E-state index in [9.17, 15) is 23.1 Å². The van der Waals surface area contributed by atoms with Gasteiger partial charge in [0, 0.05) is 45.1 Å². The highest BCUT2D eigenvalue weighted by Crippen LogP contribution is 2.30. The topological polar surface area (TPSA) is 78.8 Å². The minimum atomic E-state index is -4.45. The molecular formula is C22H27F3N4O3. The maximum absolute atomic E-state index is 12.7. The van der Waals surface area contributed by atoms with Gasteiger partial charge in [-0.15, -0.1) is 0 Å². The fraction of sp³-hybridized carbons (Fsp3) is 0.500. The number of benzene rings is 1. The summed E-state index contributed by atoms with van der Waals surface area (Å²) < 4.78 is 43.8. The first-order valence-electron chi connectivity index (χ1n) is 10.3. The Morgan fingerprint density at radius 3 is 2.06 bits per heavy atom. The Morgan fingerprint density at radius 1 is 1.06 bits per heavy atom. The van der Waals surface area contributed by atoms with Crippen LogP contribution in [0.15, 0.2) is 24.5 Å². The molecule has 2 aromatic rings. The van der Waals surface area contributed by atoms with E-state index in [1.807, 2.05) is 30.9 Å². The van der Waals surface area contributed by atoms with Gasteiger partial charge in [-0.2, -0.15) is 13.2 Å². The number of halogens is 3. The molecule has 0 radical (unpaired) electrons. The third kappa shape index (κ3) is 5.48. The van der Waals surface area contributed by atoms with Crippen LogP contribution in [0, 0.1) is 13.8 Å². The molecule has 10 heteroatoms. The summed E-state index contributed by atoms with van der Waals surface area (Å²) in [6.07, 6.45) is -2.82. The zero-order valence-electron chi connectivity index (χ0n) is 18.5. The maximum Gasteiger partial charge on any atom is 0.419 e. The number of piperazine rings is 1. The van der Waals surface area contributed by atoms with Crippen LogP contribution in [-0.2, 0) is 17.5 Å². The molecule has 1 aromatic carbocycles. The molecular weight excluding hydrogens is 425 g/mol. The van der Waals surface area contributed by atoms with Gasteiger partial charge in [0.05, 0.1) is 5.56 Å². The second-order valence-corrected chi connectivity index (χ2v) is 8.51. The molecule has 1 fully saturated rings. The van der Waals surface area contributed by atoms with Crippen LogP contribution in [0.5, 0.6) is 5.75 Å². The quantitative estimate of drug-likeness (QED) is 0.716. The van der Waals surface area contributed by atoms with Gasteiger partial charge in [-0.3, -0.25) is 4.90 Å². The third-order valence-electron chi connectivity index (χ3n) is 5.42. The molecule has 174 valence electrons. The Kier molecular flexibility index (Phi) is 6.64. The Hall–Kier alpha value is -2.88. The predicted molar refractivity (Wildman–Crippen MR) is 113 cm³/mol. The standard InChI is InChI=1S/C22H27F3N4O3/c1-14-9-16(10-15(2)18(14)32-21(3,4)19(30)31)13-28-5-7-29(8-6-28)20-26-11-17(12-27-20)22(23,24)25/h9-12H,5-8,13H2,1-4H3,(H,30,31). The summed E-state index contributed by atoms with van der Waals surface area (Å²) in [7, 11) is 0. The van der Waals surface area contributed by atoms with E-state index < -0.39 is 23.3 Å². The van der Waals surface area contributed by atoms with Gasteiger partial charge in [0.25, 0.3) is 0 Å². The molecule has 0 aliphatic carbocycles. The van der Waals surface area contributed by atoms with Crippen molar-refractivity contribution in [3.63, 3.8) is 0 Å². The number of hydrogen-bond donors (Lipinski definition) is 1. The van der Waals surface area contributed by atoms with Crippen LogP contribution < -0.4 is 9.64 Å². The number of ether oxygens (including phenoxy) is 1. The van der Waals surface area contributed by atoms with Crippen LogP contribution in [0.4, 0.5) is 19.1 Å². The van der Waals surface area contributed by atoms with Crippen molar-refractivity contribution in [1.29, 1.82) is 0 Å². The number of carboxylic acids is 1. The smallest absolute Gasteiger partial charge is 0.419 e. The monoisotopic (exact) mass is 452 g/mol. The molecule has 2 heterocycles. The van der Waals surface area contributed by atoms with Crippen molar-refractivity contribution in [3.05, 3.63) is 46.8 Å². The van der Waals surface area contributed by atoms with Crippen molar-refractivity contribution in [2.45, 2.75) is 46.0 Å². The molecule has 0 unspecified atom stereocenters. The highest BCUT2D eigenvalue weighted by Gasteiger charge is 2.32. The molecule has 0 amide bonds. The molecule has 0 bridgehead atoms. The van der Waals surface area contributed by atoms with Gasteiger partial charge in [0.1, 0.15) is 5.75 Å². The number of hydrogen-bond acceptors (Lipinski definition) is 6. The summed E-state index contributed by atoms with van der Waals surface area (Å²) >= 11 is 0. The van der Waals surface area contributed by atoms with Crippen LogP contribution in [0.2, 0.25) is 0 Å². The molecule has 32 heavy (non-hydrogen) atoms. The number of aryl methyl sites for hydroxylation is 2. The van der Waals surface area contributed by atoms with Gasteiger partial charge in [0.2, 0.25) is 5.95 Å². The summed E-state index contributed by atoms with van der Waals surface area (Å²) in [6.45, 7) is 10.2. The van der Waals surface area contributed by atoms with E-state index in [-0.39, 0.29) is 0 Å². The first kappa shape index (κ1) is 23.8. The van der Waals surface area contributed by atoms with E-state index in [4.69, 9.17) is 4.74 Å². The van der Waals surface area contributed by atoms with Crippen molar-refractivity contribution in [2.24, 2.45) is 0 Å². The largest absolute Gasteiger partial charge is 0.478 e. The van der Waals surface area contributed by atoms with Gasteiger partial charge in [-0.05, 0) is 44.4 Å². The average Bonchev–Trinajstić information content (AvgIpc) is 2.71. The second kappa shape index (κ2) is 8.93. The molecule has 1 aliphatic rings. The van der Waals surface area contributed by atoms with Crippen molar-refractivity contribution in [2.75, 3.05) is 31.1 Å². The number of aromatic nitrogens is 2. The fourth-order valence-electron chi connectivity index (χ4n) is 3.59. The van der Waals surface area contributed by atoms with E-state index in [2.05, 4.69) is 14.9 Å². The lowest BCUT2D eigenvalue weighted by Crippen LogP contribution is -2.46. The Balaban J connectivity index is 1.61. The maximum atomic E-state index is 12.7. The molecule has 1 aliphatic heterocycles. The van der Waals surface area contributed by atoms with Gasteiger partial charge in [0.15, 0.2) is 5.60 Å². The van der Waals surface area contributed by atoms with E-state index in [0.29, 0.717) is 44.4 Å². The molecule has 7 nitrogen and oxygen atoms in total. The highest BCUT2D eigenvalue weighted by molar-refractivity contribution is 5.77. The summed E-state index contributed by atoms with van der Waals surface area (Å²) in [5.41, 5.74) is 0.634. The minimum Gasteiger partial charge on any atom is -0.478 e. The van der Waals surface area contributed by atoms with Crippen molar-refractivity contribution in [3.8, 4) is 5.75 Å². The molecule has 0 saturated carbocycles. The van der Waals surface area contributed by atoms with Gasteiger partial charge >= 0.3 is 12.1 Å². The molecule has 1 saturated heterocycles. The molecule has 1 N–H and O–H groups in total. The highest BCUT2D eigenvalue weighted by atomic mass is 19.4. The van der Waals surface area contributed by atoms with Gasteiger partial charge in [-0.25, -0.2) is 14.8 Å². The number of alkyl halides is 3. The van der Waals surface area contributed by atoms with Gasteiger partial charge in [-0.1, -0.05) is 12.1 Å². The average molecular weight is 452 g/mol. The number of nitrogens with zero attached hydrogens (tertiary/aromatic N) is 4. The fourth-order valence-corrected chi connectivity index (χ4v) is 3.59. The number of carboxylic acid groups (broad SMARTS) is 1. The second-order valence-electron chi connectivity index (χ2n) is 8.51. The van der Waals surface area contributed by atoms with E-state index in [1.165, 1.54) is 13.8 Å². The van der Waals surface area contributed by atoms with Crippen LogP contribution in [0.1, 0.15) is 36.1 Å². The molecule has 0 atom stereocenters. The van der Waals surface area contributed by atoms with Crippen LogP contribution in [0.25, 0.3) is 0 Å². The van der Waals surface area contributed by atoms with Crippen LogP contribution >= 0.6 is 0 Å². The molecule has 0 spiro atoms. The van der Waals surface area contributed by atoms with E-state index in [0.717, 1.165) is 29.1 Å². The Bertz CT molecular complexity index is 946. The van der Waals surface area contributed by atoms with E-state index in [1.54, 1.807) is 0 Å². The van der Waals surface area contributed by atoms with E-state index >= 15 is 0 Å². The summed E-state index contributed by atoms with van der Waals surface area (Å²) in [6, 6.07) is 3.98. The lowest BCUT2D eigenvalue weighted by atomic mass is 10.0. The predicted octanol–water partition coefficient (Wildman–Crippen LogP) is 3.68. The number of aliphatic carboxylic acids is 1. The first-order chi connectivity index (χ1) is 14.9. The van der Waals surface area contributed by atoms with Crippen LogP contribution in [-0.4, -0.2) is 57.7 Å². The molecule has 3 rings (SSSR count). The van der Waals surface area contributed by atoms with Gasteiger partial charge < -0.3 is 14.7 Å². The normalized spacial score (nSPS) is 15.7. The Morgan fingerprint density at radius 2 is 1.59 bits per heavy atom. The SMILES string of the molecule is Cc1cc(CN2CCN(c3ncc(C(F)(F)F)cn3)CC2)cc(C)c1OC(C)(C)C(=O)O. The Labute approximate surface area is 184 Å². The number of carbonyl (C=O) groups is 1.